The molecule has 1 aromatic carbocycles. The maximum absolute atomic E-state index is 12.3. The third-order valence-electron chi connectivity index (χ3n) is 3.78. The summed E-state index contributed by atoms with van der Waals surface area (Å²) < 4.78 is 22.4. The highest BCUT2D eigenvalue weighted by Gasteiger charge is 2.26. The second-order valence-electron chi connectivity index (χ2n) is 5.73. The summed E-state index contributed by atoms with van der Waals surface area (Å²) >= 11 is 1.53. The number of primary sulfonamides is 1. The summed E-state index contributed by atoms with van der Waals surface area (Å²) in [5.74, 6) is 0.359. The molecule has 0 spiro atoms. The van der Waals surface area contributed by atoms with Crippen LogP contribution < -0.4 is 5.14 Å². The number of hydrogen-bond acceptors (Lipinski definition) is 4. The van der Waals surface area contributed by atoms with E-state index < -0.39 is 10.0 Å². The largest absolute Gasteiger partial charge is 0.342 e. The third kappa shape index (κ3) is 5.30. The van der Waals surface area contributed by atoms with E-state index in [0.717, 1.165) is 23.3 Å². The van der Waals surface area contributed by atoms with Gasteiger partial charge in [-0.15, -0.1) is 11.8 Å². The normalized spacial score (nSPS) is 19.2. The highest BCUT2D eigenvalue weighted by molar-refractivity contribution is 8.00. The molecule has 5 nitrogen and oxygen atoms in total. The fourth-order valence-corrected chi connectivity index (χ4v) is 4.57. The number of nitrogens with two attached hydrogens (primary N) is 1. The molecule has 0 aromatic heterocycles. The molecule has 2 rings (SSSR count). The van der Waals surface area contributed by atoms with Gasteiger partial charge in [0.15, 0.2) is 0 Å². The second-order valence-corrected chi connectivity index (χ2v) is 8.41. The average Bonchev–Trinajstić information content (AvgIpc) is 2.44. The lowest BCUT2D eigenvalue weighted by atomic mass is 10.0. The first-order chi connectivity index (χ1) is 10.3. The van der Waals surface area contributed by atoms with Crippen LogP contribution in [-0.4, -0.2) is 43.8 Å². The van der Waals surface area contributed by atoms with Crippen LogP contribution >= 0.6 is 11.8 Å². The molecule has 1 fully saturated rings. The molecule has 1 atom stereocenters. The monoisotopic (exact) mass is 342 g/mol. The quantitative estimate of drug-likeness (QED) is 0.825. The Kier molecular flexibility index (Phi) is 5.88. The van der Waals surface area contributed by atoms with Crippen LogP contribution in [0.5, 0.6) is 0 Å². The van der Waals surface area contributed by atoms with Crippen molar-refractivity contribution in [1.82, 2.24) is 4.90 Å². The van der Waals surface area contributed by atoms with E-state index in [1.165, 1.54) is 11.8 Å². The Morgan fingerprint density at radius 2 is 2.14 bits per heavy atom. The van der Waals surface area contributed by atoms with E-state index in [0.29, 0.717) is 18.8 Å². The summed E-state index contributed by atoms with van der Waals surface area (Å²) in [7, 11) is -3.48. The zero-order chi connectivity index (χ0) is 16.2. The molecule has 122 valence electrons. The maximum atomic E-state index is 12.3. The van der Waals surface area contributed by atoms with Crippen LogP contribution in [0.3, 0.4) is 0 Å². The molecule has 1 heterocycles. The predicted molar refractivity (Wildman–Crippen MR) is 89.2 cm³/mol. The molecule has 1 aromatic rings. The van der Waals surface area contributed by atoms with Gasteiger partial charge in [0.25, 0.3) is 0 Å². The molecule has 0 radical (unpaired) electrons. The van der Waals surface area contributed by atoms with E-state index in [1.54, 1.807) is 4.90 Å². The number of rotatable bonds is 5. The highest BCUT2D eigenvalue weighted by atomic mass is 32.2. The summed E-state index contributed by atoms with van der Waals surface area (Å²) in [5, 5.41) is 5.10. The fraction of sp³-hybridized carbons (Fsp3) is 0.533. The van der Waals surface area contributed by atoms with Crippen molar-refractivity contribution in [3.05, 3.63) is 29.8 Å². The van der Waals surface area contributed by atoms with Crippen LogP contribution in [-0.2, 0) is 14.8 Å². The highest BCUT2D eigenvalue weighted by Crippen LogP contribution is 2.24. The second kappa shape index (κ2) is 7.48. The topological polar surface area (TPSA) is 80.5 Å². The summed E-state index contributed by atoms with van der Waals surface area (Å²) in [6.45, 7) is 3.22. The first kappa shape index (κ1) is 17.3. The zero-order valence-corrected chi connectivity index (χ0v) is 14.3. The molecule has 0 bridgehead atoms. The lowest BCUT2D eigenvalue weighted by Crippen LogP contribution is -2.43. The van der Waals surface area contributed by atoms with Crippen molar-refractivity contribution in [3.8, 4) is 0 Å². The van der Waals surface area contributed by atoms with Crippen molar-refractivity contribution < 1.29 is 13.2 Å². The molecular weight excluding hydrogens is 320 g/mol. The van der Waals surface area contributed by atoms with Gasteiger partial charge in [0.2, 0.25) is 15.9 Å². The molecule has 1 saturated heterocycles. The Morgan fingerprint density at radius 1 is 1.41 bits per heavy atom. The number of sulfonamides is 1. The molecule has 2 N–H and O–H groups in total. The van der Waals surface area contributed by atoms with Gasteiger partial charge in [0, 0.05) is 18.0 Å². The number of nitrogens with zero attached hydrogens (tertiary/aromatic N) is 1. The summed E-state index contributed by atoms with van der Waals surface area (Å²) in [6.07, 6.45) is 1.64. The van der Waals surface area contributed by atoms with Gasteiger partial charge in [-0.2, -0.15) is 0 Å². The minimum atomic E-state index is -3.48. The van der Waals surface area contributed by atoms with Crippen LogP contribution in [0.2, 0.25) is 0 Å². The fourth-order valence-electron chi connectivity index (χ4n) is 2.71. The third-order valence-corrected chi connectivity index (χ3v) is 5.88. The van der Waals surface area contributed by atoms with Gasteiger partial charge in [-0.1, -0.05) is 18.2 Å². The van der Waals surface area contributed by atoms with Crippen LogP contribution in [0.1, 0.15) is 18.4 Å². The van der Waals surface area contributed by atoms with Gasteiger partial charge >= 0.3 is 0 Å². The first-order valence-electron chi connectivity index (χ1n) is 7.32. The summed E-state index contributed by atoms with van der Waals surface area (Å²) in [6, 6.07) is 7.97. The average molecular weight is 342 g/mol. The van der Waals surface area contributed by atoms with Crippen molar-refractivity contribution in [1.29, 1.82) is 0 Å². The standard InChI is InChI=1S/C15H22N2O3S2/c1-12-5-2-3-7-14(12)21-10-15(18)17-8-4-6-13(9-17)11-22(16,19)20/h2-3,5,7,13H,4,6,8-11H2,1H3,(H2,16,19,20)/t13-/m0/s1. The molecule has 1 aliphatic rings. The SMILES string of the molecule is Cc1ccccc1SCC(=O)N1CCC[C@H](CS(N)(=O)=O)C1. The van der Waals surface area contributed by atoms with Crippen LogP contribution in [0, 0.1) is 12.8 Å². The van der Waals surface area contributed by atoms with Crippen molar-refractivity contribution in [2.45, 2.75) is 24.7 Å². The van der Waals surface area contributed by atoms with E-state index in [-0.39, 0.29) is 17.6 Å². The van der Waals surface area contributed by atoms with Crippen molar-refractivity contribution >= 4 is 27.7 Å². The van der Waals surface area contributed by atoms with E-state index >= 15 is 0 Å². The number of hydrogen-bond donors (Lipinski definition) is 1. The first-order valence-corrected chi connectivity index (χ1v) is 10.0. The van der Waals surface area contributed by atoms with Gasteiger partial charge in [-0.05, 0) is 37.3 Å². The Bertz CT molecular complexity index is 631. The van der Waals surface area contributed by atoms with Crippen LogP contribution in [0.4, 0.5) is 0 Å². The number of amides is 1. The van der Waals surface area contributed by atoms with Gasteiger partial charge in [-0.3, -0.25) is 4.79 Å². The van der Waals surface area contributed by atoms with Gasteiger partial charge in [0.1, 0.15) is 0 Å². The number of likely N-dealkylation sites (tertiary alicyclic amines) is 1. The van der Waals surface area contributed by atoms with E-state index in [2.05, 4.69) is 0 Å². The Balaban J connectivity index is 1.88. The van der Waals surface area contributed by atoms with Gasteiger partial charge in [-0.25, -0.2) is 13.6 Å². The molecule has 22 heavy (non-hydrogen) atoms. The zero-order valence-electron chi connectivity index (χ0n) is 12.7. The smallest absolute Gasteiger partial charge is 0.232 e. The molecule has 1 aliphatic heterocycles. The summed E-state index contributed by atoms with van der Waals surface area (Å²) in [4.78, 5) is 15.2. The van der Waals surface area contributed by atoms with Crippen LogP contribution in [0.15, 0.2) is 29.2 Å². The number of carbonyl (C=O) groups is 1. The lowest BCUT2D eigenvalue weighted by Gasteiger charge is -2.32. The van der Waals surface area contributed by atoms with Crippen molar-refractivity contribution in [3.63, 3.8) is 0 Å². The van der Waals surface area contributed by atoms with E-state index in [1.807, 2.05) is 31.2 Å². The van der Waals surface area contributed by atoms with Gasteiger partial charge in [0.05, 0.1) is 11.5 Å². The van der Waals surface area contributed by atoms with Crippen LogP contribution in [0.25, 0.3) is 0 Å². The van der Waals surface area contributed by atoms with Gasteiger partial charge < -0.3 is 4.90 Å². The molecule has 0 aliphatic carbocycles. The van der Waals surface area contributed by atoms with E-state index in [9.17, 15) is 13.2 Å². The number of piperidine rings is 1. The number of benzene rings is 1. The molecule has 0 unspecified atom stereocenters. The molecule has 0 saturated carbocycles. The maximum Gasteiger partial charge on any atom is 0.232 e. The number of thioether (sulfide) groups is 1. The number of carbonyl (C=O) groups excluding carboxylic acids is 1. The Morgan fingerprint density at radius 3 is 2.82 bits per heavy atom. The van der Waals surface area contributed by atoms with E-state index in [4.69, 9.17) is 5.14 Å². The number of aryl methyl sites for hydroxylation is 1. The minimum absolute atomic E-state index is 0.0400. The molecule has 1 amide bonds. The Hall–Kier alpha value is -1.05. The summed E-state index contributed by atoms with van der Waals surface area (Å²) in [5.41, 5.74) is 1.16. The van der Waals surface area contributed by atoms with Crippen molar-refractivity contribution in [2.24, 2.45) is 11.1 Å². The molecule has 7 heteroatoms. The Labute approximate surface area is 136 Å². The molecular formula is C15H22N2O3S2. The lowest BCUT2D eigenvalue weighted by molar-refractivity contribution is -0.129. The predicted octanol–water partition coefficient (Wildman–Crippen LogP) is 1.61. The minimum Gasteiger partial charge on any atom is -0.342 e. The van der Waals surface area contributed by atoms with Crippen molar-refractivity contribution in [2.75, 3.05) is 24.6 Å².